The summed E-state index contributed by atoms with van der Waals surface area (Å²) >= 11 is 0. The Labute approximate surface area is 100.0 Å². The molecule has 7 nitrogen and oxygen atoms in total. The first-order valence-electron chi connectivity index (χ1n) is 5.00. The maximum absolute atomic E-state index is 11.7. The van der Waals surface area contributed by atoms with Gasteiger partial charge in [0.05, 0.1) is 17.5 Å². The van der Waals surface area contributed by atoms with Crippen LogP contribution in [0.2, 0.25) is 0 Å². The van der Waals surface area contributed by atoms with Crippen molar-refractivity contribution in [2.75, 3.05) is 4.72 Å². The van der Waals surface area contributed by atoms with Crippen LogP contribution in [-0.2, 0) is 10.0 Å². The van der Waals surface area contributed by atoms with Crippen molar-refractivity contribution in [3.63, 3.8) is 0 Å². The SMILES string of the molecule is CCC(C#N)S(=O)(=O)Nc1nnc(C)c(C)n1. The highest BCUT2D eigenvalue weighted by Gasteiger charge is 2.24. The minimum atomic E-state index is -3.78. The number of aryl methyl sites for hydroxylation is 2. The molecule has 1 atom stereocenters. The average molecular weight is 255 g/mol. The number of hydrogen-bond donors (Lipinski definition) is 1. The summed E-state index contributed by atoms with van der Waals surface area (Å²) in [5.74, 6) is -0.109. The van der Waals surface area contributed by atoms with Crippen molar-refractivity contribution in [3.8, 4) is 6.07 Å². The summed E-state index contributed by atoms with van der Waals surface area (Å²) in [6.07, 6.45) is 0.199. The van der Waals surface area contributed by atoms with Gasteiger partial charge in [0.15, 0.2) is 5.25 Å². The van der Waals surface area contributed by atoms with Crippen molar-refractivity contribution in [1.82, 2.24) is 15.2 Å². The fraction of sp³-hybridized carbons (Fsp3) is 0.556. The van der Waals surface area contributed by atoms with Gasteiger partial charge >= 0.3 is 0 Å². The molecule has 0 spiro atoms. The molecule has 0 aliphatic rings. The lowest BCUT2D eigenvalue weighted by molar-refractivity contribution is 0.592. The zero-order valence-corrected chi connectivity index (χ0v) is 10.6. The first kappa shape index (κ1) is 13.3. The quantitative estimate of drug-likeness (QED) is 0.840. The maximum atomic E-state index is 11.7. The van der Waals surface area contributed by atoms with Gasteiger partial charge in [-0.3, -0.25) is 0 Å². The van der Waals surface area contributed by atoms with Crippen LogP contribution in [0.5, 0.6) is 0 Å². The molecule has 0 aliphatic heterocycles. The van der Waals surface area contributed by atoms with Crippen LogP contribution < -0.4 is 4.72 Å². The fourth-order valence-corrected chi connectivity index (χ4v) is 2.14. The third kappa shape index (κ3) is 3.10. The summed E-state index contributed by atoms with van der Waals surface area (Å²) in [7, 11) is -3.78. The van der Waals surface area contributed by atoms with Crippen LogP contribution in [0.3, 0.4) is 0 Å². The third-order valence-corrected chi connectivity index (χ3v) is 3.87. The van der Waals surface area contributed by atoms with Crippen molar-refractivity contribution >= 4 is 16.0 Å². The Hall–Kier alpha value is -1.75. The lowest BCUT2D eigenvalue weighted by Crippen LogP contribution is -2.27. The van der Waals surface area contributed by atoms with Gasteiger partial charge in [-0.25, -0.2) is 18.1 Å². The molecule has 0 saturated heterocycles. The van der Waals surface area contributed by atoms with E-state index in [0.29, 0.717) is 11.4 Å². The van der Waals surface area contributed by atoms with Crippen LogP contribution in [0, 0.1) is 25.2 Å². The monoisotopic (exact) mass is 255 g/mol. The maximum Gasteiger partial charge on any atom is 0.256 e. The Bertz CT molecular complexity index is 549. The Morgan fingerprint density at radius 1 is 1.35 bits per heavy atom. The molecule has 1 N–H and O–H groups in total. The van der Waals surface area contributed by atoms with E-state index in [0.717, 1.165) is 0 Å². The second-order valence-electron chi connectivity index (χ2n) is 3.48. The number of hydrogen-bond acceptors (Lipinski definition) is 6. The molecule has 0 saturated carbocycles. The van der Waals surface area contributed by atoms with Crippen LogP contribution in [0.1, 0.15) is 24.7 Å². The zero-order valence-electron chi connectivity index (χ0n) is 9.80. The predicted octanol–water partition coefficient (Wildman–Crippen LogP) is 0.532. The Kier molecular flexibility index (Phi) is 3.96. The molecular formula is C9H13N5O2S. The van der Waals surface area contributed by atoms with Crippen LogP contribution in [-0.4, -0.2) is 28.8 Å². The summed E-state index contributed by atoms with van der Waals surface area (Å²) in [6.45, 7) is 5.04. The number of rotatable bonds is 4. The molecule has 92 valence electrons. The van der Waals surface area contributed by atoms with Crippen LogP contribution >= 0.6 is 0 Å². The van der Waals surface area contributed by atoms with E-state index in [1.54, 1.807) is 26.8 Å². The highest BCUT2D eigenvalue weighted by Crippen LogP contribution is 2.09. The molecule has 1 aromatic rings. The topological polar surface area (TPSA) is 109 Å². The second kappa shape index (κ2) is 5.05. The molecule has 1 unspecified atom stereocenters. The third-order valence-electron chi connectivity index (χ3n) is 2.21. The molecule has 0 bridgehead atoms. The van der Waals surface area contributed by atoms with E-state index in [9.17, 15) is 8.42 Å². The summed E-state index contributed by atoms with van der Waals surface area (Å²) in [5, 5.41) is 15.0. The number of nitrogens with one attached hydrogen (secondary N) is 1. The van der Waals surface area contributed by atoms with Crippen molar-refractivity contribution in [2.24, 2.45) is 0 Å². The van der Waals surface area contributed by atoms with Gasteiger partial charge in [-0.2, -0.15) is 10.4 Å². The molecule has 0 fully saturated rings. The fourth-order valence-electron chi connectivity index (χ4n) is 1.08. The number of nitriles is 1. The van der Waals surface area contributed by atoms with E-state index in [4.69, 9.17) is 5.26 Å². The molecule has 0 aliphatic carbocycles. The summed E-state index contributed by atoms with van der Waals surface area (Å²) in [4.78, 5) is 3.94. The highest BCUT2D eigenvalue weighted by molar-refractivity contribution is 7.93. The molecule has 0 amide bonds. The highest BCUT2D eigenvalue weighted by atomic mass is 32.2. The van der Waals surface area contributed by atoms with E-state index in [1.807, 2.05) is 0 Å². The van der Waals surface area contributed by atoms with E-state index in [-0.39, 0.29) is 12.4 Å². The molecule has 1 heterocycles. The second-order valence-corrected chi connectivity index (χ2v) is 5.34. The number of nitrogens with zero attached hydrogens (tertiary/aromatic N) is 4. The van der Waals surface area contributed by atoms with Gasteiger partial charge < -0.3 is 0 Å². The van der Waals surface area contributed by atoms with Crippen molar-refractivity contribution in [3.05, 3.63) is 11.4 Å². The van der Waals surface area contributed by atoms with Crippen molar-refractivity contribution in [1.29, 1.82) is 5.26 Å². The Morgan fingerprint density at radius 2 is 2.00 bits per heavy atom. The minimum Gasteiger partial charge on any atom is -0.249 e. The Morgan fingerprint density at radius 3 is 2.47 bits per heavy atom. The van der Waals surface area contributed by atoms with Gasteiger partial charge in [-0.1, -0.05) is 6.92 Å². The average Bonchev–Trinajstić information content (AvgIpc) is 2.24. The molecular weight excluding hydrogens is 242 g/mol. The lowest BCUT2D eigenvalue weighted by Gasteiger charge is -2.09. The van der Waals surface area contributed by atoms with Gasteiger partial charge in [-0.15, -0.1) is 5.10 Å². The molecule has 8 heteroatoms. The van der Waals surface area contributed by atoms with Gasteiger partial charge in [-0.05, 0) is 20.3 Å². The van der Waals surface area contributed by atoms with E-state index >= 15 is 0 Å². The number of sulfonamides is 1. The zero-order chi connectivity index (χ0) is 13.1. The molecule has 1 rings (SSSR count). The minimum absolute atomic E-state index is 0.109. The Balaban J connectivity index is 2.99. The van der Waals surface area contributed by atoms with Crippen LogP contribution in [0.25, 0.3) is 0 Å². The smallest absolute Gasteiger partial charge is 0.249 e. The number of anilines is 1. The van der Waals surface area contributed by atoms with E-state index in [2.05, 4.69) is 19.9 Å². The molecule has 0 aromatic carbocycles. The lowest BCUT2D eigenvalue weighted by atomic mass is 10.4. The summed E-state index contributed by atoms with van der Waals surface area (Å²) in [5.41, 5.74) is 1.21. The molecule has 17 heavy (non-hydrogen) atoms. The largest absolute Gasteiger partial charge is 0.256 e. The molecule has 0 radical (unpaired) electrons. The summed E-state index contributed by atoms with van der Waals surface area (Å²) in [6, 6.07) is 1.71. The first-order valence-corrected chi connectivity index (χ1v) is 6.54. The van der Waals surface area contributed by atoms with Crippen LogP contribution in [0.4, 0.5) is 5.95 Å². The standard InChI is InChI=1S/C9H13N5O2S/c1-4-8(5-10)17(15,16)14-9-11-6(2)7(3)12-13-9/h8H,4H2,1-3H3,(H,11,13,14). The van der Waals surface area contributed by atoms with Crippen molar-refractivity contribution in [2.45, 2.75) is 32.4 Å². The number of aromatic nitrogens is 3. The van der Waals surface area contributed by atoms with Gasteiger partial charge in [0.25, 0.3) is 16.0 Å². The van der Waals surface area contributed by atoms with Crippen LogP contribution in [0.15, 0.2) is 0 Å². The molecule has 1 aromatic heterocycles. The predicted molar refractivity (Wildman–Crippen MR) is 61.5 cm³/mol. The summed E-state index contributed by atoms with van der Waals surface area (Å²) < 4.78 is 25.6. The van der Waals surface area contributed by atoms with E-state index < -0.39 is 15.3 Å². The first-order chi connectivity index (χ1) is 7.90. The van der Waals surface area contributed by atoms with E-state index in [1.165, 1.54) is 0 Å². The van der Waals surface area contributed by atoms with Crippen molar-refractivity contribution < 1.29 is 8.42 Å². The normalized spacial score (nSPS) is 12.8. The van der Waals surface area contributed by atoms with Gasteiger partial charge in [0.1, 0.15) is 0 Å². The van der Waals surface area contributed by atoms with Gasteiger partial charge in [0, 0.05) is 0 Å². The van der Waals surface area contributed by atoms with Gasteiger partial charge in [0.2, 0.25) is 0 Å².